The van der Waals surface area contributed by atoms with Gasteiger partial charge < -0.3 is 10.1 Å². The van der Waals surface area contributed by atoms with Crippen molar-refractivity contribution in [3.05, 3.63) is 23.0 Å². The first-order chi connectivity index (χ1) is 8.76. The van der Waals surface area contributed by atoms with Gasteiger partial charge in [-0.1, -0.05) is 0 Å². The fraction of sp³-hybridized carbons (Fsp3) is 0.571. The number of pyridine rings is 1. The average Bonchev–Trinajstić information content (AvgIpc) is 2.38. The lowest BCUT2D eigenvalue weighted by Gasteiger charge is -2.18. The molecule has 0 fully saturated rings. The van der Waals surface area contributed by atoms with Gasteiger partial charge in [-0.25, -0.2) is 9.78 Å². The summed E-state index contributed by atoms with van der Waals surface area (Å²) in [5, 5.41) is 3.20. The molecule has 1 aromatic rings. The first kappa shape index (κ1) is 12.9. The molecule has 0 spiro atoms. The van der Waals surface area contributed by atoms with Crippen LogP contribution in [0.4, 0.5) is 5.69 Å². The maximum Gasteiger partial charge on any atom is 0.359 e. The Bertz CT molecular complexity index is 444. The topological polar surface area (TPSA) is 51.2 Å². The molecule has 1 aromatic heterocycles. The van der Waals surface area contributed by atoms with Crippen LogP contribution in [0, 0.1) is 0 Å². The molecule has 0 aromatic carbocycles. The fourth-order valence-corrected chi connectivity index (χ4v) is 2.31. The van der Waals surface area contributed by atoms with Gasteiger partial charge in [0, 0.05) is 12.2 Å². The van der Waals surface area contributed by atoms with E-state index in [0.29, 0.717) is 12.3 Å². The van der Waals surface area contributed by atoms with E-state index in [1.54, 1.807) is 0 Å². The van der Waals surface area contributed by atoms with E-state index in [4.69, 9.17) is 4.74 Å². The molecule has 18 heavy (non-hydrogen) atoms. The number of hydrogen-bond acceptors (Lipinski definition) is 4. The lowest BCUT2D eigenvalue weighted by molar-refractivity contribution is 0.0520. The summed E-state index contributed by atoms with van der Waals surface area (Å²) in [7, 11) is 0. The second-order valence-electron chi connectivity index (χ2n) is 4.45. The lowest BCUT2D eigenvalue weighted by Crippen LogP contribution is -2.16. The summed E-state index contributed by atoms with van der Waals surface area (Å²) in [4.78, 5) is 16.4. The summed E-state index contributed by atoms with van der Waals surface area (Å²) >= 11 is 0. The molecule has 2 rings (SSSR count). The summed E-state index contributed by atoms with van der Waals surface area (Å²) in [6, 6.07) is 2.07. The highest BCUT2D eigenvalue weighted by Crippen LogP contribution is 2.25. The first-order valence-corrected chi connectivity index (χ1v) is 6.70. The Hall–Kier alpha value is -1.58. The Balaban J connectivity index is 2.38. The molecular formula is C14H20N2O2. The summed E-state index contributed by atoms with van der Waals surface area (Å²) in [6.07, 6.45) is 4.39. The lowest BCUT2D eigenvalue weighted by atomic mass is 9.95. The van der Waals surface area contributed by atoms with E-state index in [-0.39, 0.29) is 5.97 Å². The highest BCUT2D eigenvalue weighted by atomic mass is 16.5. The van der Waals surface area contributed by atoms with Gasteiger partial charge in [0.1, 0.15) is 0 Å². The maximum atomic E-state index is 11.9. The average molecular weight is 248 g/mol. The van der Waals surface area contributed by atoms with Gasteiger partial charge in [-0.05, 0) is 51.2 Å². The van der Waals surface area contributed by atoms with Crippen LogP contribution in [0.25, 0.3) is 0 Å². The van der Waals surface area contributed by atoms with Crippen LogP contribution in [0.2, 0.25) is 0 Å². The number of hydrogen-bond donors (Lipinski definition) is 1. The molecular weight excluding hydrogens is 228 g/mol. The molecule has 4 nitrogen and oxygen atoms in total. The highest BCUT2D eigenvalue weighted by molar-refractivity contribution is 5.93. The summed E-state index contributed by atoms with van der Waals surface area (Å²) in [6.45, 7) is 4.97. The number of aryl methyl sites for hydroxylation is 2. The van der Waals surface area contributed by atoms with Crippen LogP contribution >= 0.6 is 0 Å². The van der Waals surface area contributed by atoms with E-state index in [1.165, 1.54) is 12.0 Å². The van der Waals surface area contributed by atoms with E-state index in [2.05, 4.69) is 16.4 Å². The zero-order valence-electron chi connectivity index (χ0n) is 11.1. The molecule has 0 atom stereocenters. The fourth-order valence-electron chi connectivity index (χ4n) is 2.31. The number of ether oxygens (including phenoxy) is 1. The molecule has 0 amide bonds. The van der Waals surface area contributed by atoms with E-state index < -0.39 is 0 Å². The Morgan fingerprint density at radius 1 is 1.39 bits per heavy atom. The van der Waals surface area contributed by atoms with Crippen molar-refractivity contribution >= 4 is 11.7 Å². The van der Waals surface area contributed by atoms with E-state index in [9.17, 15) is 4.79 Å². The molecule has 98 valence electrons. The zero-order valence-corrected chi connectivity index (χ0v) is 11.1. The van der Waals surface area contributed by atoms with Gasteiger partial charge in [0.15, 0.2) is 5.69 Å². The second kappa shape index (κ2) is 5.85. The minimum Gasteiger partial charge on any atom is -0.461 e. The van der Waals surface area contributed by atoms with Crippen molar-refractivity contribution in [3.63, 3.8) is 0 Å². The molecule has 1 aliphatic rings. The molecule has 0 aliphatic heterocycles. The molecule has 0 bridgehead atoms. The molecule has 0 radical (unpaired) electrons. The van der Waals surface area contributed by atoms with Crippen LogP contribution in [-0.2, 0) is 17.6 Å². The summed E-state index contributed by atoms with van der Waals surface area (Å²) in [5.41, 5.74) is 3.56. The number of aromatic nitrogens is 1. The van der Waals surface area contributed by atoms with Crippen LogP contribution in [0.15, 0.2) is 6.07 Å². The quantitative estimate of drug-likeness (QED) is 0.832. The first-order valence-electron chi connectivity index (χ1n) is 6.70. The van der Waals surface area contributed by atoms with Crippen molar-refractivity contribution < 1.29 is 9.53 Å². The number of rotatable bonds is 4. The highest BCUT2D eigenvalue weighted by Gasteiger charge is 2.19. The maximum absolute atomic E-state index is 11.9. The zero-order chi connectivity index (χ0) is 13.0. The number of carbonyl (C=O) groups is 1. The number of carbonyl (C=O) groups excluding carboxylic acids is 1. The van der Waals surface area contributed by atoms with Gasteiger partial charge in [-0.2, -0.15) is 0 Å². The minimum absolute atomic E-state index is 0.332. The third kappa shape index (κ3) is 2.63. The Morgan fingerprint density at radius 2 is 2.17 bits per heavy atom. The minimum atomic E-state index is -0.332. The number of esters is 1. The predicted octanol–water partition coefficient (Wildman–Crippen LogP) is 2.57. The van der Waals surface area contributed by atoms with Gasteiger partial charge in [0.05, 0.1) is 12.3 Å². The SMILES string of the molecule is CCNc1cc2c(nc1C(=O)OCC)CCCC2. The van der Waals surface area contributed by atoms with Crippen molar-refractivity contribution in [1.82, 2.24) is 4.98 Å². The van der Waals surface area contributed by atoms with E-state index >= 15 is 0 Å². The largest absolute Gasteiger partial charge is 0.461 e. The molecule has 0 saturated carbocycles. The van der Waals surface area contributed by atoms with Gasteiger partial charge in [0.2, 0.25) is 0 Å². The molecule has 1 N–H and O–H groups in total. The molecule has 0 unspecified atom stereocenters. The third-order valence-electron chi connectivity index (χ3n) is 3.14. The molecule has 0 saturated heterocycles. The number of nitrogens with zero attached hydrogens (tertiary/aromatic N) is 1. The smallest absolute Gasteiger partial charge is 0.359 e. The second-order valence-corrected chi connectivity index (χ2v) is 4.45. The number of nitrogens with one attached hydrogen (secondary N) is 1. The molecule has 1 aliphatic carbocycles. The van der Waals surface area contributed by atoms with Crippen molar-refractivity contribution in [2.75, 3.05) is 18.5 Å². The van der Waals surface area contributed by atoms with Crippen molar-refractivity contribution in [2.24, 2.45) is 0 Å². The molecule has 4 heteroatoms. The third-order valence-corrected chi connectivity index (χ3v) is 3.14. The monoisotopic (exact) mass is 248 g/mol. The van der Waals surface area contributed by atoms with Gasteiger partial charge >= 0.3 is 5.97 Å². The standard InChI is InChI=1S/C14H20N2O2/c1-3-15-12-9-10-7-5-6-8-11(10)16-13(12)14(17)18-4-2/h9,15H,3-8H2,1-2H3. The van der Waals surface area contributed by atoms with Crippen LogP contribution in [-0.4, -0.2) is 24.1 Å². The predicted molar refractivity (Wildman–Crippen MR) is 71.0 cm³/mol. The number of fused-ring (bicyclic) bond motifs is 1. The summed E-state index contributed by atoms with van der Waals surface area (Å²) < 4.78 is 5.06. The summed E-state index contributed by atoms with van der Waals surface area (Å²) in [5.74, 6) is -0.332. The molecule has 1 heterocycles. The van der Waals surface area contributed by atoms with Crippen LogP contribution < -0.4 is 5.32 Å². The van der Waals surface area contributed by atoms with E-state index in [0.717, 1.165) is 37.2 Å². The van der Waals surface area contributed by atoms with E-state index in [1.807, 2.05) is 13.8 Å². The van der Waals surface area contributed by atoms with Gasteiger partial charge in [0.25, 0.3) is 0 Å². The normalized spacial score (nSPS) is 13.9. The van der Waals surface area contributed by atoms with Crippen LogP contribution in [0.3, 0.4) is 0 Å². The van der Waals surface area contributed by atoms with Crippen LogP contribution in [0.1, 0.15) is 48.4 Å². The Labute approximate surface area is 108 Å². The number of anilines is 1. The van der Waals surface area contributed by atoms with Crippen molar-refractivity contribution in [3.8, 4) is 0 Å². The van der Waals surface area contributed by atoms with Crippen molar-refractivity contribution in [2.45, 2.75) is 39.5 Å². The van der Waals surface area contributed by atoms with Gasteiger partial charge in [-0.3, -0.25) is 0 Å². The Morgan fingerprint density at radius 3 is 2.89 bits per heavy atom. The van der Waals surface area contributed by atoms with Crippen LogP contribution in [0.5, 0.6) is 0 Å². The van der Waals surface area contributed by atoms with Gasteiger partial charge in [-0.15, -0.1) is 0 Å². The Kier molecular flexibility index (Phi) is 4.18. The van der Waals surface area contributed by atoms with Crippen molar-refractivity contribution in [1.29, 1.82) is 0 Å².